The number of ether oxygens (including phenoxy) is 1. The summed E-state index contributed by atoms with van der Waals surface area (Å²) in [5.41, 5.74) is 6.16. The molecule has 0 radical (unpaired) electrons. The Kier molecular flexibility index (Phi) is 6.95. The van der Waals surface area contributed by atoms with E-state index in [1.54, 1.807) is 5.38 Å². The number of nitrogens with zero attached hydrogens (tertiary/aromatic N) is 3. The van der Waals surface area contributed by atoms with Gasteiger partial charge in [-0.3, -0.25) is 14.5 Å². The van der Waals surface area contributed by atoms with Gasteiger partial charge in [-0.2, -0.15) is 0 Å². The van der Waals surface area contributed by atoms with Crippen molar-refractivity contribution in [1.29, 1.82) is 0 Å². The first kappa shape index (κ1) is 22.1. The zero-order valence-corrected chi connectivity index (χ0v) is 17.9. The number of nitrogens with one attached hydrogen (secondary N) is 1. The molecule has 2 atom stereocenters. The first-order valence-corrected chi connectivity index (χ1v) is 10.9. The number of aliphatic carboxylic acids is 1. The van der Waals surface area contributed by atoms with Crippen LogP contribution in [0.5, 0.6) is 0 Å². The van der Waals surface area contributed by atoms with Crippen molar-refractivity contribution < 1.29 is 29.1 Å². The number of thiazole rings is 1. The number of nitrogens with two attached hydrogens (primary N) is 1. The third-order valence-corrected chi connectivity index (χ3v) is 6.34. The number of rotatable bonds is 9. The molecule has 30 heavy (non-hydrogen) atoms. The summed E-state index contributed by atoms with van der Waals surface area (Å²) in [7, 11) is 1.28. The molecule has 3 heterocycles. The minimum atomic E-state index is -1.20. The molecular formula is C17H21N5O6S2. The van der Waals surface area contributed by atoms with Crippen LogP contribution in [0.25, 0.3) is 0 Å². The number of anilines is 1. The fraction of sp³-hybridized carbons (Fsp3) is 0.471. The van der Waals surface area contributed by atoms with Gasteiger partial charge < -0.3 is 25.7 Å². The first-order valence-electron chi connectivity index (χ1n) is 9.00. The number of carboxylic acid groups (broad SMARTS) is 1. The van der Waals surface area contributed by atoms with Gasteiger partial charge in [-0.1, -0.05) is 12.1 Å². The van der Waals surface area contributed by atoms with Crippen LogP contribution < -0.4 is 11.1 Å². The number of thioether (sulfide) groups is 1. The highest BCUT2D eigenvalue weighted by atomic mass is 32.2. The van der Waals surface area contributed by atoms with E-state index in [0.717, 1.165) is 17.8 Å². The highest BCUT2D eigenvalue weighted by molar-refractivity contribution is 8.00. The molecule has 2 aliphatic heterocycles. The molecule has 162 valence electrons. The van der Waals surface area contributed by atoms with Crippen LogP contribution in [0.1, 0.15) is 19.0 Å². The van der Waals surface area contributed by atoms with E-state index in [0.29, 0.717) is 17.9 Å². The lowest BCUT2D eigenvalue weighted by Gasteiger charge is -2.49. The minimum Gasteiger partial charge on any atom is -0.477 e. The average molecular weight is 456 g/mol. The summed E-state index contributed by atoms with van der Waals surface area (Å²) in [6, 6.07) is -0.895. The highest BCUT2D eigenvalue weighted by Crippen LogP contribution is 2.40. The Labute approximate surface area is 180 Å². The van der Waals surface area contributed by atoms with Gasteiger partial charge in [0.15, 0.2) is 10.8 Å². The standard InChI is InChI=1S/C17H21N5O6S2/c1-3-4-28-5-8-6-29-15-11(14(24)22(15)12(8)16(25)26)20-13(23)10(21-27-2)9-7-30-17(18)19-9/h7,11,15H,3-6H2,1-2H3,(H2,18,19)(H,20,23)(H,25,26)/t11?,15-/m1/s1. The summed E-state index contributed by atoms with van der Waals surface area (Å²) >= 11 is 2.50. The van der Waals surface area contributed by atoms with Gasteiger partial charge in [0, 0.05) is 17.7 Å². The fourth-order valence-corrected chi connectivity index (χ4v) is 4.91. The second-order valence-corrected chi connectivity index (χ2v) is 8.36. The van der Waals surface area contributed by atoms with Crippen molar-refractivity contribution in [3.05, 3.63) is 22.3 Å². The number of carbonyl (C=O) groups is 3. The van der Waals surface area contributed by atoms with Crippen LogP contribution in [0.4, 0.5) is 5.13 Å². The molecule has 3 rings (SSSR count). The Morgan fingerprint density at radius 3 is 2.87 bits per heavy atom. The van der Waals surface area contributed by atoms with E-state index in [9.17, 15) is 19.5 Å². The molecule has 0 aliphatic carbocycles. The van der Waals surface area contributed by atoms with Gasteiger partial charge in [-0.15, -0.1) is 23.1 Å². The van der Waals surface area contributed by atoms with Crippen molar-refractivity contribution in [2.45, 2.75) is 24.8 Å². The third kappa shape index (κ3) is 4.27. The number of fused-ring (bicyclic) bond motifs is 1. The number of hydrogen-bond acceptors (Lipinski definition) is 10. The topological polar surface area (TPSA) is 156 Å². The lowest BCUT2D eigenvalue weighted by atomic mass is 10.0. The molecular weight excluding hydrogens is 434 g/mol. The Morgan fingerprint density at radius 2 is 2.27 bits per heavy atom. The predicted molar refractivity (Wildman–Crippen MR) is 111 cm³/mol. The Morgan fingerprint density at radius 1 is 1.50 bits per heavy atom. The lowest BCUT2D eigenvalue weighted by molar-refractivity contribution is -0.150. The molecule has 0 saturated carbocycles. The lowest BCUT2D eigenvalue weighted by Crippen LogP contribution is -2.71. The van der Waals surface area contributed by atoms with Crippen LogP contribution in [0.15, 0.2) is 21.8 Å². The smallest absolute Gasteiger partial charge is 0.352 e. The number of hydrogen-bond donors (Lipinski definition) is 3. The van der Waals surface area contributed by atoms with Crippen LogP contribution in [0.2, 0.25) is 0 Å². The molecule has 0 bridgehead atoms. The van der Waals surface area contributed by atoms with E-state index in [1.807, 2.05) is 6.92 Å². The maximum Gasteiger partial charge on any atom is 0.352 e. The molecule has 0 spiro atoms. The van der Waals surface area contributed by atoms with Crippen molar-refractivity contribution in [1.82, 2.24) is 15.2 Å². The van der Waals surface area contributed by atoms with Gasteiger partial charge in [-0.05, 0) is 12.0 Å². The summed E-state index contributed by atoms with van der Waals surface area (Å²) in [6.07, 6.45) is 0.804. The number of carboxylic acids is 1. The SMILES string of the molecule is CCCOCC1=C(C(=O)O)N2C(=O)C(NC(=O)C(=NOC)c3csc(N)n3)[C@H]2SC1. The molecule has 1 unspecified atom stereocenters. The second-order valence-electron chi connectivity index (χ2n) is 6.36. The van der Waals surface area contributed by atoms with Crippen molar-refractivity contribution in [2.75, 3.05) is 31.8 Å². The van der Waals surface area contributed by atoms with Crippen molar-refractivity contribution in [3.63, 3.8) is 0 Å². The molecule has 2 aliphatic rings. The fourth-order valence-electron chi connectivity index (χ4n) is 3.04. The number of aromatic nitrogens is 1. The molecule has 4 N–H and O–H groups in total. The summed E-state index contributed by atoms with van der Waals surface area (Å²) in [6.45, 7) is 2.59. The van der Waals surface area contributed by atoms with Crippen LogP contribution in [0, 0.1) is 0 Å². The Bertz CT molecular complexity index is 914. The number of nitrogen functional groups attached to an aromatic ring is 1. The van der Waals surface area contributed by atoms with Gasteiger partial charge in [0.25, 0.3) is 11.8 Å². The van der Waals surface area contributed by atoms with E-state index >= 15 is 0 Å². The molecule has 11 nitrogen and oxygen atoms in total. The summed E-state index contributed by atoms with van der Waals surface area (Å²) in [5.74, 6) is -2.00. The summed E-state index contributed by atoms with van der Waals surface area (Å²) in [4.78, 5) is 47.1. The molecule has 0 aromatic carbocycles. The van der Waals surface area contributed by atoms with Crippen LogP contribution in [0.3, 0.4) is 0 Å². The van der Waals surface area contributed by atoms with Gasteiger partial charge in [0.05, 0.1) is 6.61 Å². The average Bonchev–Trinajstić information content (AvgIpc) is 3.15. The normalized spacial score (nSPS) is 21.2. The zero-order chi connectivity index (χ0) is 21.8. The predicted octanol–water partition coefficient (Wildman–Crippen LogP) is 0.241. The monoisotopic (exact) mass is 455 g/mol. The molecule has 1 aromatic heterocycles. The van der Waals surface area contributed by atoms with E-state index < -0.39 is 29.2 Å². The van der Waals surface area contributed by atoms with E-state index in [-0.39, 0.29) is 28.8 Å². The van der Waals surface area contributed by atoms with Gasteiger partial charge in [-0.25, -0.2) is 9.78 Å². The van der Waals surface area contributed by atoms with Crippen molar-refractivity contribution in [2.24, 2.45) is 5.16 Å². The van der Waals surface area contributed by atoms with Crippen LogP contribution in [-0.2, 0) is 24.0 Å². The molecule has 1 aromatic rings. The number of amides is 2. The molecule has 1 saturated heterocycles. The van der Waals surface area contributed by atoms with E-state index in [4.69, 9.17) is 15.3 Å². The number of carbonyl (C=O) groups excluding carboxylic acids is 2. The first-order chi connectivity index (χ1) is 14.4. The Balaban J connectivity index is 1.75. The zero-order valence-electron chi connectivity index (χ0n) is 16.3. The molecule has 1 fully saturated rings. The van der Waals surface area contributed by atoms with Gasteiger partial charge in [0.1, 0.15) is 29.9 Å². The summed E-state index contributed by atoms with van der Waals surface area (Å²) in [5, 5.41) is 17.2. The summed E-state index contributed by atoms with van der Waals surface area (Å²) < 4.78 is 5.46. The highest BCUT2D eigenvalue weighted by Gasteiger charge is 2.54. The largest absolute Gasteiger partial charge is 0.477 e. The maximum atomic E-state index is 12.7. The van der Waals surface area contributed by atoms with Crippen LogP contribution in [-0.4, -0.2) is 76.0 Å². The van der Waals surface area contributed by atoms with Crippen molar-refractivity contribution in [3.8, 4) is 0 Å². The Hall–Kier alpha value is -2.64. The second kappa shape index (κ2) is 9.45. The van der Waals surface area contributed by atoms with E-state index in [2.05, 4.69) is 15.5 Å². The number of β-lactam (4-membered cyclic amide) rings is 1. The van der Waals surface area contributed by atoms with Gasteiger partial charge >= 0.3 is 5.97 Å². The third-order valence-electron chi connectivity index (χ3n) is 4.32. The maximum absolute atomic E-state index is 12.7. The molecule has 13 heteroatoms. The minimum absolute atomic E-state index is 0.0802. The number of oxime groups is 1. The quantitative estimate of drug-likeness (QED) is 0.205. The van der Waals surface area contributed by atoms with Crippen LogP contribution >= 0.6 is 23.1 Å². The molecule has 2 amide bonds. The van der Waals surface area contributed by atoms with Crippen molar-refractivity contribution >= 4 is 51.7 Å². The van der Waals surface area contributed by atoms with Gasteiger partial charge in [0.2, 0.25) is 0 Å². The van der Waals surface area contributed by atoms with E-state index in [1.165, 1.54) is 23.8 Å².